The topological polar surface area (TPSA) is 121 Å². The number of aliphatic hydroxyl groups excluding tert-OH is 2. The molecule has 0 spiro atoms. The molecule has 166 valence electrons. The van der Waals surface area contributed by atoms with Crippen LogP contribution in [0.5, 0.6) is 0 Å². The van der Waals surface area contributed by atoms with Crippen molar-refractivity contribution >= 4 is 17.5 Å². The average molecular weight is 421 g/mol. The van der Waals surface area contributed by atoms with Crippen molar-refractivity contribution in [1.29, 1.82) is 0 Å². The van der Waals surface area contributed by atoms with Gasteiger partial charge in [0, 0.05) is 18.8 Å². The minimum atomic E-state index is -1.68. The Labute approximate surface area is 176 Å². The summed E-state index contributed by atoms with van der Waals surface area (Å²) in [6, 6.07) is 0. The molecule has 7 heteroatoms. The first-order chi connectivity index (χ1) is 13.9. The van der Waals surface area contributed by atoms with Crippen molar-refractivity contribution in [3.63, 3.8) is 0 Å². The van der Waals surface area contributed by atoms with Crippen molar-refractivity contribution in [2.45, 2.75) is 77.1 Å². The second-order valence-corrected chi connectivity index (χ2v) is 10.3. The lowest BCUT2D eigenvalue weighted by Gasteiger charge is -2.61. The highest BCUT2D eigenvalue weighted by Crippen LogP contribution is 2.67. The Bertz CT molecular complexity index is 818. The van der Waals surface area contributed by atoms with E-state index < -0.39 is 47.0 Å². The molecule has 0 aromatic heterocycles. The van der Waals surface area contributed by atoms with Crippen LogP contribution >= 0.6 is 0 Å². The molecule has 30 heavy (non-hydrogen) atoms. The van der Waals surface area contributed by atoms with E-state index in [2.05, 4.69) is 0 Å². The van der Waals surface area contributed by atoms with Gasteiger partial charge in [-0.25, -0.2) is 0 Å². The summed E-state index contributed by atoms with van der Waals surface area (Å²) in [7, 11) is 0. The van der Waals surface area contributed by atoms with Crippen molar-refractivity contribution in [2.24, 2.45) is 28.6 Å². The summed E-state index contributed by atoms with van der Waals surface area (Å²) in [5.74, 6) is -1.35. The lowest BCUT2D eigenvalue weighted by atomic mass is 9.45. The number of hydrogen-bond donors (Lipinski definition) is 3. The Kier molecular flexibility index (Phi) is 5.03. The molecule has 3 fully saturated rings. The summed E-state index contributed by atoms with van der Waals surface area (Å²) in [6.45, 7) is 4.62. The van der Waals surface area contributed by atoms with Gasteiger partial charge >= 0.3 is 5.97 Å². The smallest absolute Gasteiger partial charge is 0.303 e. The van der Waals surface area contributed by atoms with Crippen molar-refractivity contribution in [1.82, 2.24) is 0 Å². The minimum absolute atomic E-state index is 0.0152. The predicted molar refractivity (Wildman–Crippen MR) is 106 cm³/mol. The zero-order valence-corrected chi connectivity index (χ0v) is 17.9. The second-order valence-electron chi connectivity index (χ2n) is 10.3. The molecule has 8 atom stereocenters. The lowest BCUT2D eigenvalue weighted by Crippen LogP contribution is -2.63. The van der Waals surface area contributed by atoms with Crippen LogP contribution in [0.2, 0.25) is 0 Å². The number of ether oxygens (including phenoxy) is 1. The standard InChI is InChI=1S/C23H32O7/c1-12(24)30-11-19(28)23(29)7-5-15-14-9-17(26)16-8-13(25)4-6-21(16,2)20(14)18(27)10-22(15,23)3/h8,14-15,17-18,20,26-27,29H,4-7,9-11H2,1-3H3. The Morgan fingerprint density at radius 3 is 2.60 bits per heavy atom. The number of ketones is 2. The van der Waals surface area contributed by atoms with E-state index in [1.807, 2.05) is 13.8 Å². The largest absolute Gasteiger partial charge is 0.458 e. The molecule has 0 heterocycles. The Hall–Kier alpha value is -1.57. The maximum atomic E-state index is 12.9. The van der Waals surface area contributed by atoms with Crippen LogP contribution in [0.25, 0.3) is 0 Å². The van der Waals surface area contributed by atoms with Gasteiger partial charge < -0.3 is 20.1 Å². The van der Waals surface area contributed by atoms with Gasteiger partial charge in [-0.15, -0.1) is 0 Å². The van der Waals surface area contributed by atoms with Gasteiger partial charge in [0.25, 0.3) is 0 Å². The monoisotopic (exact) mass is 420 g/mol. The molecule has 0 aromatic rings. The van der Waals surface area contributed by atoms with Crippen LogP contribution in [-0.2, 0) is 19.1 Å². The van der Waals surface area contributed by atoms with Crippen molar-refractivity contribution in [3.8, 4) is 0 Å². The van der Waals surface area contributed by atoms with Crippen LogP contribution in [-0.4, -0.2) is 57.3 Å². The molecule has 8 unspecified atom stereocenters. The van der Waals surface area contributed by atoms with Gasteiger partial charge in [-0.05, 0) is 66.9 Å². The van der Waals surface area contributed by atoms with Crippen LogP contribution in [0.15, 0.2) is 11.6 Å². The first kappa shape index (κ1) is 21.7. The number of Topliss-reactive ketones (excluding diaryl/α,β-unsaturated/α-hetero) is 1. The van der Waals surface area contributed by atoms with Gasteiger partial charge in [0.1, 0.15) is 5.60 Å². The number of carbonyl (C=O) groups is 3. The van der Waals surface area contributed by atoms with Crippen molar-refractivity contribution < 1.29 is 34.4 Å². The molecule has 3 saturated carbocycles. The van der Waals surface area contributed by atoms with Gasteiger partial charge in [-0.1, -0.05) is 13.8 Å². The summed E-state index contributed by atoms with van der Waals surface area (Å²) >= 11 is 0. The van der Waals surface area contributed by atoms with Crippen LogP contribution in [0.4, 0.5) is 0 Å². The van der Waals surface area contributed by atoms with Crippen LogP contribution in [0.1, 0.15) is 59.3 Å². The van der Waals surface area contributed by atoms with E-state index >= 15 is 0 Å². The fourth-order valence-corrected chi connectivity index (χ4v) is 7.49. The van der Waals surface area contributed by atoms with Crippen molar-refractivity contribution in [2.75, 3.05) is 6.61 Å². The molecular weight excluding hydrogens is 388 g/mol. The summed E-state index contributed by atoms with van der Waals surface area (Å²) in [6.07, 6.45) is 2.54. The minimum Gasteiger partial charge on any atom is -0.458 e. The van der Waals surface area contributed by atoms with Gasteiger partial charge in [0.2, 0.25) is 5.78 Å². The van der Waals surface area contributed by atoms with Crippen molar-refractivity contribution in [3.05, 3.63) is 11.6 Å². The highest BCUT2D eigenvalue weighted by Gasteiger charge is 2.69. The molecule has 4 aliphatic carbocycles. The second kappa shape index (κ2) is 6.97. The third-order valence-electron chi connectivity index (χ3n) is 8.93. The third kappa shape index (κ3) is 2.85. The SMILES string of the molecule is CC(=O)OCC(=O)C1(O)CCC2C3CC(O)C4=CC(=O)CCC4(C)C3C(O)CC21C. The Balaban J connectivity index is 1.69. The van der Waals surface area contributed by atoms with Crippen LogP contribution < -0.4 is 0 Å². The van der Waals surface area contributed by atoms with Gasteiger partial charge in [0.05, 0.1) is 12.2 Å². The molecule has 7 nitrogen and oxygen atoms in total. The van der Waals surface area contributed by atoms with Gasteiger partial charge in [-0.3, -0.25) is 14.4 Å². The lowest BCUT2D eigenvalue weighted by molar-refractivity contribution is -0.188. The summed E-state index contributed by atoms with van der Waals surface area (Å²) < 4.78 is 4.86. The normalized spacial score (nSPS) is 47.6. The number of esters is 1. The zero-order chi connectivity index (χ0) is 22.1. The predicted octanol–water partition coefficient (Wildman–Crippen LogP) is 1.32. The van der Waals surface area contributed by atoms with E-state index in [-0.39, 0.29) is 36.4 Å². The Morgan fingerprint density at radius 2 is 1.93 bits per heavy atom. The number of carbonyl (C=O) groups excluding carboxylic acids is 3. The van der Waals surface area contributed by atoms with E-state index in [9.17, 15) is 29.7 Å². The number of rotatable bonds is 3. The molecule has 0 aromatic carbocycles. The first-order valence-electron chi connectivity index (χ1n) is 10.9. The molecule has 0 saturated heterocycles. The molecule has 0 bridgehead atoms. The van der Waals surface area contributed by atoms with E-state index in [0.29, 0.717) is 25.7 Å². The summed E-state index contributed by atoms with van der Waals surface area (Å²) in [5, 5.41) is 33.7. The van der Waals surface area contributed by atoms with Crippen LogP contribution in [0, 0.1) is 28.6 Å². The number of aliphatic hydroxyl groups is 3. The van der Waals surface area contributed by atoms with Gasteiger partial charge in [-0.2, -0.15) is 0 Å². The fraction of sp³-hybridized carbons (Fsp3) is 0.783. The summed E-state index contributed by atoms with van der Waals surface area (Å²) in [4.78, 5) is 36.0. The Morgan fingerprint density at radius 1 is 1.23 bits per heavy atom. The number of fused-ring (bicyclic) bond motifs is 5. The number of hydrogen-bond acceptors (Lipinski definition) is 7. The quantitative estimate of drug-likeness (QED) is 0.589. The average Bonchev–Trinajstić information content (AvgIpc) is 2.93. The molecule has 4 rings (SSSR count). The molecule has 0 aliphatic heterocycles. The van der Waals surface area contributed by atoms with Gasteiger partial charge in [0.15, 0.2) is 12.4 Å². The van der Waals surface area contributed by atoms with E-state index in [1.54, 1.807) is 6.08 Å². The summed E-state index contributed by atoms with van der Waals surface area (Å²) in [5.41, 5.74) is -2.29. The molecule has 3 N–H and O–H groups in total. The fourth-order valence-electron chi connectivity index (χ4n) is 7.49. The highest BCUT2D eigenvalue weighted by atomic mass is 16.5. The molecule has 4 aliphatic rings. The zero-order valence-electron chi connectivity index (χ0n) is 17.9. The van der Waals surface area contributed by atoms with E-state index in [1.165, 1.54) is 6.92 Å². The molecular formula is C23H32O7. The highest BCUT2D eigenvalue weighted by molar-refractivity contribution is 5.92. The maximum absolute atomic E-state index is 12.9. The van der Waals surface area contributed by atoms with Crippen LogP contribution in [0.3, 0.4) is 0 Å². The third-order valence-corrected chi connectivity index (χ3v) is 8.93. The van der Waals surface area contributed by atoms with E-state index in [4.69, 9.17) is 4.74 Å². The molecule has 0 amide bonds. The molecule has 0 radical (unpaired) electrons. The van der Waals surface area contributed by atoms with E-state index in [0.717, 1.165) is 5.57 Å². The maximum Gasteiger partial charge on any atom is 0.303 e. The first-order valence-corrected chi connectivity index (χ1v) is 10.9.